The molecule has 2 aliphatic heterocycles. The Bertz CT molecular complexity index is 203. The number of fused-ring (bicyclic) bond motifs is 2. The van der Waals surface area contributed by atoms with Crippen molar-refractivity contribution in [2.75, 3.05) is 7.05 Å². The minimum Gasteiger partial charge on any atom is -0.353 e. The summed E-state index contributed by atoms with van der Waals surface area (Å²) in [6.07, 6.45) is 4.92. The van der Waals surface area contributed by atoms with Gasteiger partial charge in [0.2, 0.25) is 5.91 Å². The zero-order valence-corrected chi connectivity index (χ0v) is 8.42. The van der Waals surface area contributed by atoms with E-state index in [4.69, 9.17) is 0 Å². The summed E-state index contributed by atoms with van der Waals surface area (Å²) in [6.45, 7) is 1.61. The molecule has 1 N–H and O–H groups in total. The molecule has 2 rings (SSSR count). The first kappa shape index (κ1) is 9.00. The van der Waals surface area contributed by atoms with Crippen molar-refractivity contribution in [3.63, 3.8) is 0 Å². The number of amides is 1. The van der Waals surface area contributed by atoms with E-state index in [0.717, 1.165) is 24.9 Å². The number of nitrogens with one attached hydrogen (secondary N) is 1. The molecule has 0 radical (unpaired) electrons. The number of hydrogen-bond acceptors (Lipinski definition) is 2. The fourth-order valence-corrected chi connectivity index (χ4v) is 2.82. The summed E-state index contributed by atoms with van der Waals surface area (Å²) in [6, 6.07) is 1.87. The Balaban J connectivity index is 1.95. The Morgan fingerprint density at radius 1 is 1.31 bits per heavy atom. The first-order valence-corrected chi connectivity index (χ1v) is 5.16. The van der Waals surface area contributed by atoms with E-state index in [2.05, 4.69) is 17.3 Å². The second-order valence-corrected chi connectivity index (χ2v) is 4.42. The second kappa shape index (κ2) is 3.29. The molecule has 2 bridgehead atoms. The van der Waals surface area contributed by atoms with Gasteiger partial charge in [-0.25, -0.2) is 0 Å². The van der Waals surface area contributed by atoms with Gasteiger partial charge in [0.1, 0.15) is 0 Å². The Morgan fingerprint density at radius 3 is 2.31 bits per heavy atom. The fourth-order valence-electron chi connectivity index (χ4n) is 2.82. The minimum atomic E-state index is 0.119. The van der Waals surface area contributed by atoms with Crippen LogP contribution in [0.25, 0.3) is 0 Å². The number of nitrogens with zero attached hydrogens (tertiary/aromatic N) is 1. The van der Waals surface area contributed by atoms with Crippen molar-refractivity contribution >= 4 is 5.91 Å². The van der Waals surface area contributed by atoms with E-state index < -0.39 is 0 Å². The standard InChI is InChI=1S/C10H18N2O/c1-7(13)11-8-5-9-3-4-10(6-8)12(9)2/h8-10H,3-6H2,1-2H3,(H,11,13). The molecule has 0 aromatic heterocycles. The molecular weight excluding hydrogens is 164 g/mol. The summed E-state index contributed by atoms with van der Waals surface area (Å²) in [7, 11) is 2.21. The Labute approximate surface area is 79.5 Å². The van der Waals surface area contributed by atoms with Gasteiger partial charge in [-0.15, -0.1) is 0 Å². The van der Waals surface area contributed by atoms with Gasteiger partial charge in [0.15, 0.2) is 0 Å². The van der Waals surface area contributed by atoms with Crippen molar-refractivity contribution < 1.29 is 4.79 Å². The van der Waals surface area contributed by atoms with Crippen LogP contribution in [-0.4, -0.2) is 36.0 Å². The van der Waals surface area contributed by atoms with Gasteiger partial charge >= 0.3 is 0 Å². The van der Waals surface area contributed by atoms with Gasteiger partial charge in [0.05, 0.1) is 0 Å². The molecule has 2 heterocycles. The topological polar surface area (TPSA) is 32.3 Å². The smallest absolute Gasteiger partial charge is 0.217 e. The molecule has 2 saturated heterocycles. The number of carbonyl (C=O) groups is 1. The van der Waals surface area contributed by atoms with Gasteiger partial charge in [-0.2, -0.15) is 0 Å². The maximum Gasteiger partial charge on any atom is 0.217 e. The average Bonchev–Trinajstić information content (AvgIpc) is 2.33. The van der Waals surface area contributed by atoms with E-state index >= 15 is 0 Å². The summed E-state index contributed by atoms with van der Waals surface area (Å²) in [5.41, 5.74) is 0. The predicted molar refractivity (Wildman–Crippen MR) is 51.4 cm³/mol. The molecule has 13 heavy (non-hydrogen) atoms. The minimum absolute atomic E-state index is 0.119. The molecule has 2 unspecified atom stereocenters. The summed E-state index contributed by atoms with van der Waals surface area (Å²) < 4.78 is 0. The van der Waals surface area contributed by atoms with E-state index in [1.165, 1.54) is 12.8 Å². The molecule has 0 saturated carbocycles. The lowest BCUT2D eigenvalue weighted by atomic mass is 9.98. The quantitative estimate of drug-likeness (QED) is 0.649. The van der Waals surface area contributed by atoms with Gasteiger partial charge in [-0.1, -0.05) is 0 Å². The van der Waals surface area contributed by atoms with Crippen molar-refractivity contribution in [3.05, 3.63) is 0 Å². The number of rotatable bonds is 1. The van der Waals surface area contributed by atoms with E-state index in [9.17, 15) is 4.79 Å². The summed E-state index contributed by atoms with van der Waals surface area (Å²) in [5, 5.41) is 3.04. The average molecular weight is 182 g/mol. The van der Waals surface area contributed by atoms with Gasteiger partial charge in [-0.3, -0.25) is 4.79 Å². The molecule has 74 valence electrons. The van der Waals surface area contributed by atoms with Crippen molar-refractivity contribution in [2.24, 2.45) is 0 Å². The molecule has 0 spiro atoms. The van der Waals surface area contributed by atoms with Gasteiger partial charge < -0.3 is 10.2 Å². The van der Waals surface area contributed by atoms with Crippen LogP contribution in [0.3, 0.4) is 0 Å². The Kier molecular flexibility index (Phi) is 2.28. The van der Waals surface area contributed by atoms with Crippen molar-refractivity contribution in [1.29, 1.82) is 0 Å². The lowest BCUT2D eigenvalue weighted by molar-refractivity contribution is -0.120. The maximum atomic E-state index is 10.9. The van der Waals surface area contributed by atoms with E-state index in [0.29, 0.717) is 6.04 Å². The lowest BCUT2D eigenvalue weighted by Crippen LogP contribution is -2.48. The zero-order valence-electron chi connectivity index (χ0n) is 8.42. The molecule has 2 aliphatic rings. The highest BCUT2D eigenvalue weighted by Crippen LogP contribution is 2.33. The number of piperidine rings is 1. The zero-order chi connectivity index (χ0) is 9.42. The Morgan fingerprint density at radius 2 is 1.85 bits per heavy atom. The van der Waals surface area contributed by atoms with Crippen LogP contribution in [0.2, 0.25) is 0 Å². The molecule has 0 aliphatic carbocycles. The SMILES string of the molecule is CC(=O)NC1CC2CCC(C1)N2C. The lowest BCUT2D eigenvalue weighted by Gasteiger charge is -2.36. The molecule has 1 amide bonds. The predicted octanol–water partition coefficient (Wildman–Crippen LogP) is 0.748. The van der Waals surface area contributed by atoms with Crippen molar-refractivity contribution in [1.82, 2.24) is 10.2 Å². The molecule has 0 aromatic carbocycles. The highest BCUT2D eigenvalue weighted by molar-refractivity contribution is 5.73. The number of carbonyl (C=O) groups excluding carboxylic acids is 1. The Hall–Kier alpha value is -0.570. The molecule has 2 fully saturated rings. The van der Waals surface area contributed by atoms with Gasteiger partial charge in [0, 0.05) is 25.0 Å². The van der Waals surface area contributed by atoms with Crippen LogP contribution in [0.4, 0.5) is 0 Å². The van der Waals surface area contributed by atoms with Crippen LogP contribution >= 0.6 is 0 Å². The fraction of sp³-hybridized carbons (Fsp3) is 0.900. The molecule has 0 aromatic rings. The highest BCUT2D eigenvalue weighted by Gasteiger charge is 2.38. The third-order valence-electron chi connectivity index (χ3n) is 3.51. The van der Waals surface area contributed by atoms with Gasteiger partial charge in [-0.05, 0) is 32.7 Å². The van der Waals surface area contributed by atoms with Crippen molar-refractivity contribution in [2.45, 2.75) is 50.7 Å². The summed E-state index contributed by atoms with van der Waals surface area (Å²) in [4.78, 5) is 13.4. The van der Waals surface area contributed by atoms with Gasteiger partial charge in [0.25, 0.3) is 0 Å². The van der Waals surface area contributed by atoms with Crippen LogP contribution in [0.15, 0.2) is 0 Å². The maximum absolute atomic E-state index is 10.9. The van der Waals surface area contributed by atoms with Crippen LogP contribution in [0.5, 0.6) is 0 Å². The summed E-state index contributed by atoms with van der Waals surface area (Å²) in [5.74, 6) is 0.119. The highest BCUT2D eigenvalue weighted by atomic mass is 16.1. The molecule has 3 nitrogen and oxygen atoms in total. The first-order valence-electron chi connectivity index (χ1n) is 5.16. The van der Waals surface area contributed by atoms with Crippen LogP contribution in [0, 0.1) is 0 Å². The van der Waals surface area contributed by atoms with E-state index in [-0.39, 0.29) is 5.91 Å². The van der Waals surface area contributed by atoms with E-state index in [1.54, 1.807) is 6.92 Å². The van der Waals surface area contributed by atoms with Crippen molar-refractivity contribution in [3.8, 4) is 0 Å². The van der Waals surface area contributed by atoms with Crippen LogP contribution in [-0.2, 0) is 4.79 Å². The molecular formula is C10H18N2O. The number of hydrogen-bond donors (Lipinski definition) is 1. The second-order valence-electron chi connectivity index (χ2n) is 4.42. The first-order chi connectivity index (χ1) is 6.16. The summed E-state index contributed by atoms with van der Waals surface area (Å²) >= 11 is 0. The van der Waals surface area contributed by atoms with E-state index in [1.807, 2.05) is 0 Å². The third kappa shape index (κ3) is 1.70. The molecule has 3 heteroatoms. The van der Waals surface area contributed by atoms with Crippen LogP contribution < -0.4 is 5.32 Å². The largest absolute Gasteiger partial charge is 0.353 e. The molecule has 2 atom stereocenters. The normalized spacial score (nSPS) is 39.1. The third-order valence-corrected chi connectivity index (χ3v) is 3.51. The van der Waals surface area contributed by atoms with Crippen LogP contribution in [0.1, 0.15) is 32.6 Å². The monoisotopic (exact) mass is 182 g/mol.